The molecule has 2 N–H and O–H groups in total. The summed E-state index contributed by atoms with van der Waals surface area (Å²) in [6.07, 6.45) is 3.94. The number of ether oxygens (including phenoxy) is 1. The maximum absolute atomic E-state index is 12.4. The first-order chi connectivity index (χ1) is 11.0. The molecular weight excluding hydrogens is 294 g/mol. The molecule has 0 bridgehead atoms. The van der Waals surface area contributed by atoms with Crippen molar-refractivity contribution in [2.75, 3.05) is 6.61 Å². The zero-order valence-electron chi connectivity index (χ0n) is 13.7. The molecule has 1 saturated heterocycles. The number of carbonyl (C=O) groups excluding carboxylic acids is 1. The zero-order chi connectivity index (χ0) is 16.8. The highest BCUT2D eigenvalue weighted by molar-refractivity contribution is 5.97. The van der Waals surface area contributed by atoms with Gasteiger partial charge in [-0.2, -0.15) is 0 Å². The van der Waals surface area contributed by atoms with E-state index in [4.69, 9.17) is 9.84 Å². The number of carbonyl (C=O) groups is 2. The quantitative estimate of drug-likeness (QED) is 0.845. The van der Waals surface area contributed by atoms with Gasteiger partial charge in [0, 0.05) is 18.2 Å². The molecule has 23 heavy (non-hydrogen) atoms. The molecule has 1 amide bonds. The van der Waals surface area contributed by atoms with Crippen LogP contribution in [0.4, 0.5) is 0 Å². The Labute approximate surface area is 137 Å². The van der Waals surface area contributed by atoms with Gasteiger partial charge in [0.1, 0.15) is 0 Å². The predicted molar refractivity (Wildman–Crippen MR) is 87.7 cm³/mol. The first kappa shape index (κ1) is 17.5. The van der Waals surface area contributed by atoms with Crippen LogP contribution in [0.15, 0.2) is 24.3 Å². The third-order valence-electron chi connectivity index (χ3n) is 4.60. The van der Waals surface area contributed by atoms with Gasteiger partial charge in [-0.25, -0.2) is 4.79 Å². The van der Waals surface area contributed by atoms with Crippen LogP contribution in [0.1, 0.15) is 60.2 Å². The molecule has 0 spiro atoms. The number of rotatable bonds is 6. The second kappa shape index (κ2) is 8.11. The molecule has 1 aromatic rings. The van der Waals surface area contributed by atoms with E-state index >= 15 is 0 Å². The number of nitrogens with one attached hydrogen (secondary N) is 1. The SMILES string of the molecule is CCC(CC)C1CC(NC(=O)c2cccc(C(=O)O)c2)CCO1. The molecule has 1 fully saturated rings. The number of carboxylic acids is 1. The largest absolute Gasteiger partial charge is 0.478 e. The Hall–Kier alpha value is -1.88. The summed E-state index contributed by atoms with van der Waals surface area (Å²) in [7, 11) is 0. The smallest absolute Gasteiger partial charge is 0.335 e. The van der Waals surface area contributed by atoms with Crippen molar-refractivity contribution < 1.29 is 19.4 Å². The van der Waals surface area contributed by atoms with Crippen LogP contribution in [0.5, 0.6) is 0 Å². The van der Waals surface area contributed by atoms with Crippen molar-refractivity contribution in [3.63, 3.8) is 0 Å². The number of aromatic carboxylic acids is 1. The molecule has 1 aromatic carbocycles. The first-order valence-electron chi connectivity index (χ1n) is 8.31. The van der Waals surface area contributed by atoms with Crippen molar-refractivity contribution in [1.82, 2.24) is 5.32 Å². The third-order valence-corrected chi connectivity index (χ3v) is 4.60. The summed E-state index contributed by atoms with van der Waals surface area (Å²) in [6, 6.07) is 6.20. The zero-order valence-corrected chi connectivity index (χ0v) is 13.7. The van der Waals surface area contributed by atoms with Gasteiger partial charge in [-0.15, -0.1) is 0 Å². The van der Waals surface area contributed by atoms with Crippen LogP contribution in [0, 0.1) is 5.92 Å². The number of amides is 1. The van der Waals surface area contributed by atoms with Gasteiger partial charge in [0.05, 0.1) is 11.7 Å². The van der Waals surface area contributed by atoms with Gasteiger partial charge in [0.15, 0.2) is 0 Å². The van der Waals surface area contributed by atoms with E-state index in [0.717, 1.165) is 25.7 Å². The molecule has 0 aromatic heterocycles. The van der Waals surface area contributed by atoms with Crippen LogP contribution < -0.4 is 5.32 Å². The molecular formula is C18H25NO4. The Balaban J connectivity index is 1.99. The van der Waals surface area contributed by atoms with Crippen molar-refractivity contribution in [3.8, 4) is 0 Å². The second-order valence-corrected chi connectivity index (χ2v) is 6.07. The van der Waals surface area contributed by atoms with Gasteiger partial charge in [-0.3, -0.25) is 4.79 Å². The van der Waals surface area contributed by atoms with Crippen molar-refractivity contribution in [2.24, 2.45) is 5.92 Å². The van der Waals surface area contributed by atoms with E-state index in [1.54, 1.807) is 12.1 Å². The van der Waals surface area contributed by atoms with Crippen LogP contribution in [-0.4, -0.2) is 35.7 Å². The van der Waals surface area contributed by atoms with Crippen molar-refractivity contribution in [3.05, 3.63) is 35.4 Å². The molecule has 5 nitrogen and oxygen atoms in total. The monoisotopic (exact) mass is 319 g/mol. The number of hydrogen-bond donors (Lipinski definition) is 2. The fourth-order valence-corrected chi connectivity index (χ4v) is 3.16. The topological polar surface area (TPSA) is 75.6 Å². The van der Waals surface area contributed by atoms with Crippen LogP contribution in [0.2, 0.25) is 0 Å². The highest BCUT2D eigenvalue weighted by Crippen LogP contribution is 2.25. The van der Waals surface area contributed by atoms with E-state index in [1.165, 1.54) is 12.1 Å². The van der Waals surface area contributed by atoms with Gasteiger partial charge in [0.25, 0.3) is 5.91 Å². The molecule has 1 aliphatic heterocycles. The molecule has 0 radical (unpaired) electrons. The van der Waals surface area contributed by atoms with Crippen LogP contribution in [-0.2, 0) is 4.74 Å². The van der Waals surface area contributed by atoms with Gasteiger partial charge >= 0.3 is 5.97 Å². The summed E-state index contributed by atoms with van der Waals surface area (Å²) >= 11 is 0. The van der Waals surface area contributed by atoms with Gasteiger partial charge < -0.3 is 15.2 Å². The van der Waals surface area contributed by atoms with Crippen LogP contribution in [0.25, 0.3) is 0 Å². The van der Waals surface area contributed by atoms with E-state index in [-0.39, 0.29) is 23.6 Å². The molecule has 2 rings (SSSR count). The van der Waals surface area contributed by atoms with E-state index in [9.17, 15) is 9.59 Å². The molecule has 1 aliphatic rings. The minimum absolute atomic E-state index is 0.0790. The van der Waals surface area contributed by atoms with Crippen molar-refractivity contribution in [1.29, 1.82) is 0 Å². The molecule has 1 heterocycles. The van der Waals surface area contributed by atoms with Crippen molar-refractivity contribution in [2.45, 2.75) is 51.7 Å². The highest BCUT2D eigenvalue weighted by Gasteiger charge is 2.28. The Morgan fingerprint density at radius 3 is 2.65 bits per heavy atom. The minimum atomic E-state index is -1.03. The van der Waals surface area contributed by atoms with E-state index < -0.39 is 5.97 Å². The molecule has 2 unspecified atom stereocenters. The molecule has 2 atom stereocenters. The molecule has 0 aliphatic carbocycles. The van der Waals surface area contributed by atoms with Crippen LogP contribution >= 0.6 is 0 Å². The molecule has 0 saturated carbocycles. The number of hydrogen-bond acceptors (Lipinski definition) is 3. The standard InChI is InChI=1S/C18H25NO4/c1-3-12(4-2)16-11-15(8-9-23-16)19-17(20)13-6-5-7-14(10-13)18(21)22/h5-7,10,12,15-16H,3-4,8-9,11H2,1-2H3,(H,19,20)(H,21,22). The maximum atomic E-state index is 12.4. The van der Waals surface area contributed by atoms with Gasteiger partial charge in [-0.05, 0) is 37.0 Å². The third kappa shape index (κ3) is 4.55. The lowest BCUT2D eigenvalue weighted by Crippen LogP contribution is -2.44. The lowest BCUT2D eigenvalue weighted by Gasteiger charge is -2.34. The van der Waals surface area contributed by atoms with Crippen LogP contribution in [0.3, 0.4) is 0 Å². The normalized spacial score (nSPS) is 21.2. The molecule has 5 heteroatoms. The summed E-state index contributed by atoms with van der Waals surface area (Å²) in [6.45, 7) is 4.98. The lowest BCUT2D eigenvalue weighted by atomic mass is 9.89. The number of carboxylic acid groups (broad SMARTS) is 1. The Morgan fingerprint density at radius 1 is 1.30 bits per heavy atom. The summed E-state index contributed by atoms with van der Waals surface area (Å²) in [4.78, 5) is 23.4. The van der Waals surface area contributed by atoms with Gasteiger partial charge in [-0.1, -0.05) is 32.8 Å². The maximum Gasteiger partial charge on any atom is 0.335 e. The van der Waals surface area contributed by atoms with E-state index in [0.29, 0.717) is 18.1 Å². The summed E-state index contributed by atoms with van der Waals surface area (Å²) in [5.74, 6) is -0.729. The Kier molecular flexibility index (Phi) is 6.16. The van der Waals surface area contributed by atoms with E-state index in [2.05, 4.69) is 19.2 Å². The Bertz CT molecular complexity index is 554. The number of benzene rings is 1. The average molecular weight is 319 g/mol. The fraction of sp³-hybridized carbons (Fsp3) is 0.556. The highest BCUT2D eigenvalue weighted by atomic mass is 16.5. The average Bonchev–Trinajstić information content (AvgIpc) is 2.56. The lowest BCUT2D eigenvalue weighted by molar-refractivity contribution is -0.0337. The predicted octanol–water partition coefficient (Wildman–Crippen LogP) is 3.10. The summed E-state index contributed by atoms with van der Waals surface area (Å²) in [5.41, 5.74) is 0.509. The minimum Gasteiger partial charge on any atom is -0.478 e. The second-order valence-electron chi connectivity index (χ2n) is 6.07. The summed E-state index contributed by atoms with van der Waals surface area (Å²) in [5, 5.41) is 12.0. The van der Waals surface area contributed by atoms with Gasteiger partial charge in [0.2, 0.25) is 0 Å². The first-order valence-corrected chi connectivity index (χ1v) is 8.31. The van der Waals surface area contributed by atoms with Crippen molar-refractivity contribution >= 4 is 11.9 Å². The molecule has 126 valence electrons. The fourth-order valence-electron chi connectivity index (χ4n) is 3.16. The Morgan fingerprint density at radius 2 is 2.00 bits per heavy atom. The van der Waals surface area contributed by atoms with E-state index in [1.807, 2.05) is 0 Å². The summed E-state index contributed by atoms with van der Waals surface area (Å²) < 4.78 is 5.86.